The number of aliphatic hydroxyl groups is 1. The van der Waals surface area contributed by atoms with Crippen LogP contribution < -0.4 is 0 Å². The van der Waals surface area contributed by atoms with Gasteiger partial charge in [0.15, 0.2) is 9.84 Å². The molecule has 0 spiro atoms. The van der Waals surface area contributed by atoms with E-state index >= 15 is 0 Å². The van der Waals surface area contributed by atoms with Crippen molar-refractivity contribution in [3.05, 3.63) is 30.3 Å². The van der Waals surface area contributed by atoms with Gasteiger partial charge in [0.1, 0.15) is 0 Å². The minimum atomic E-state index is -3.31. The maximum atomic E-state index is 12.5. The Hall–Kier alpha value is -0.870. The van der Waals surface area contributed by atoms with Gasteiger partial charge < -0.3 is 5.11 Å². The minimum Gasteiger partial charge on any atom is -0.393 e. The molecule has 3 nitrogen and oxygen atoms in total. The molecule has 1 saturated carbocycles. The summed E-state index contributed by atoms with van der Waals surface area (Å²) in [6.45, 7) is 5.71. The molecule has 2 rings (SSSR count). The van der Waals surface area contributed by atoms with Crippen LogP contribution in [-0.4, -0.2) is 24.9 Å². The average molecular weight is 268 g/mol. The third-order valence-electron chi connectivity index (χ3n) is 3.82. The molecular weight excluding hydrogens is 248 g/mol. The molecule has 4 atom stereocenters. The van der Waals surface area contributed by atoms with Gasteiger partial charge in [-0.15, -0.1) is 0 Å². The monoisotopic (exact) mass is 268 g/mol. The molecule has 100 valence electrons. The Morgan fingerprint density at radius 2 is 1.61 bits per heavy atom. The van der Waals surface area contributed by atoms with Gasteiger partial charge in [-0.1, -0.05) is 32.0 Å². The molecule has 1 aromatic rings. The fraction of sp³-hybridized carbons (Fsp3) is 0.571. The van der Waals surface area contributed by atoms with Gasteiger partial charge in [0.25, 0.3) is 0 Å². The number of sulfone groups is 1. The SMILES string of the molecule is CC(C)[C@H]1[C@H]([C@@H](C)O)[C@@H]1S(=O)(=O)c1ccccc1. The maximum Gasteiger partial charge on any atom is 0.181 e. The van der Waals surface area contributed by atoms with Gasteiger partial charge in [-0.25, -0.2) is 8.42 Å². The Morgan fingerprint density at radius 1 is 1.06 bits per heavy atom. The molecule has 18 heavy (non-hydrogen) atoms. The number of hydrogen-bond donors (Lipinski definition) is 1. The molecule has 0 bridgehead atoms. The van der Waals surface area contributed by atoms with E-state index in [2.05, 4.69) is 0 Å². The molecular formula is C14H20O3S. The zero-order valence-corrected chi connectivity index (χ0v) is 11.8. The maximum absolute atomic E-state index is 12.5. The van der Waals surface area contributed by atoms with Crippen molar-refractivity contribution in [1.82, 2.24) is 0 Å². The molecule has 0 amide bonds. The first-order chi connectivity index (χ1) is 8.37. The van der Waals surface area contributed by atoms with Gasteiger partial charge in [0, 0.05) is 5.92 Å². The summed E-state index contributed by atoms with van der Waals surface area (Å²) in [5, 5.41) is 9.30. The normalized spacial score (nSPS) is 29.3. The van der Waals surface area contributed by atoms with E-state index < -0.39 is 21.2 Å². The number of aliphatic hydroxyl groups excluding tert-OH is 1. The Bertz CT molecular complexity index is 491. The second kappa shape index (κ2) is 4.67. The lowest BCUT2D eigenvalue weighted by molar-refractivity contribution is 0.160. The molecule has 1 fully saturated rings. The lowest BCUT2D eigenvalue weighted by Crippen LogP contribution is -2.14. The molecule has 1 N–H and O–H groups in total. The van der Waals surface area contributed by atoms with Gasteiger partial charge in [0.2, 0.25) is 0 Å². The molecule has 0 aromatic heterocycles. The minimum absolute atomic E-state index is 0.0650. The highest BCUT2D eigenvalue weighted by atomic mass is 32.2. The third kappa shape index (κ3) is 2.19. The van der Waals surface area contributed by atoms with Crippen molar-refractivity contribution in [2.24, 2.45) is 17.8 Å². The van der Waals surface area contributed by atoms with Crippen LogP contribution in [-0.2, 0) is 9.84 Å². The van der Waals surface area contributed by atoms with Crippen LogP contribution in [0.2, 0.25) is 0 Å². The second-order valence-corrected chi connectivity index (χ2v) is 7.57. The summed E-state index contributed by atoms with van der Waals surface area (Å²) >= 11 is 0. The summed E-state index contributed by atoms with van der Waals surface area (Å²) in [6, 6.07) is 8.53. The predicted octanol–water partition coefficient (Wildman–Crippen LogP) is 2.11. The Balaban J connectivity index is 2.33. The van der Waals surface area contributed by atoms with E-state index in [1.165, 1.54) is 0 Å². The molecule has 1 aliphatic rings. The first-order valence-electron chi connectivity index (χ1n) is 6.34. The fourth-order valence-electron chi connectivity index (χ4n) is 2.93. The van der Waals surface area contributed by atoms with Gasteiger partial charge in [-0.3, -0.25) is 0 Å². The topological polar surface area (TPSA) is 54.4 Å². The highest BCUT2D eigenvalue weighted by molar-refractivity contribution is 7.92. The van der Waals surface area contributed by atoms with E-state index in [0.717, 1.165) is 0 Å². The summed E-state index contributed by atoms with van der Waals surface area (Å²) in [5.74, 6) is 0.207. The van der Waals surface area contributed by atoms with Crippen molar-refractivity contribution >= 4 is 9.84 Å². The second-order valence-electron chi connectivity index (χ2n) is 5.46. The van der Waals surface area contributed by atoms with Crippen LogP contribution in [0.3, 0.4) is 0 Å². The summed E-state index contributed by atoms with van der Waals surface area (Å²) in [6.07, 6.45) is -0.569. The van der Waals surface area contributed by atoms with Crippen molar-refractivity contribution in [3.63, 3.8) is 0 Å². The third-order valence-corrected chi connectivity index (χ3v) is 6.09. The zero-order valence-electron chi connectivity index (χ0n) is 10.9. The molecule has 0 saturated heterocycles. The highest BCUT2D eigenvalue weighted by Gasteiger charge is 2.60. The fourth-order valence-corrected chi connectivity index (χ4v) is 5.42. The molecule has 1 aromatic carbocycles. The van der Waals surface area contributed by atoms with Crippen LogP contribution in [0.4, 0.5) is 0 Å². The average Bonchev–Trinajstić information content (AvgIpc) is 3.06. The zero-order chi connectivity index (χ0) is 13.5. The van der Waals surface area contributed by atoms with Crippen molar-refractivity contribution in [1.29, 1.82) is 0 Å². The summed E-state index contributed by atoms with van der Waals surface area (Å²) < 4.78 is 25.0. The molecule has 0 heterocycles. The molecule has 0 unspecified atom stereocenters. The highest BCUT2D eigenvalue weighted by Crippen LogP contribution is 2.52. The standard InChI is InChI=1S/C14H20O3S/c1-9(2)12-13(10(3)15)14(12)18(16,17)11-7-5-4-6-8-11/h4-10,12-15H,1-3H3/t10-,12+,13+,14-/m1/s1. The molecule has 0 aliphatic heterocycles. The summed E-state index contributed by atoms with van der Waals surface area (Å²) in [7, 11) is -3.31. The van der Waals surface area contributed by atoms with Crippen molar-refractivity contribution < 1.29 is 13.5 Å². The van der Waals surface area contributed by atoms with Crippen LogP contribution in [0.15, 0.2) is 35.2 Å². The smallest absolute Gasteiger partial charge is 0.181 e. The van der Waals surface area contributed by atoms with Gasteiger partial charge in [-0.2, -0.15) is 0 Å². The Kier molecular flexibility index (Phi) is 3.52. The van der Waals surface area contributed by atoms with Crippen LogP contribution in [0.25, 0.3) is 0 Å². The van der Waals surface area contributed by atoms with E-state index in [4.69, 9.17) is 0 Å². The Labute approximate surface area is 109 Å². The first-order valence-corrected chi connectivity index (χ1v) is 7.89. The summed E-state index contributed by atoms with van der Waals surface area (Å²) in [4.78, 5) is 0.365. The quantitative estimate of drug-likeness (QED) is 0.910. The Morgan fingerprint density at radius 3 is 2.00 bits per heavy atom. The van der Waals surface area contributed by atoms with Crippen LogP contribution in [0.1, 0.15) is 20.8 Å². The largest absolute Gasteiger partial charge is 0.393 e. The van der Waals surface area contributed by atoms with E-state index in [0.29, 0.717) is 4.90 Å². The molecule has 0 radical (unpaired) electrons. The van der Waals surface area contributed by atoms with E-state index in [1.807, 2.05) is 13.8 Å². The van der Waals surface area contributed by atoms with Crippen molar-refractivity contribution in [3.8, 4) is 0 Å². The first kappa shape index (κ1) is 13.6. The van der Waals surface area contributed by atoms with E-state index in [-0.39, 0.29) is 17.8 Å². The predicted molar refractivity (Wildman–Crippen MR) is 70.9 cm³/mol. The van der Waals surface area contributed by atoms with Crippen molar-refractivity contribution in [2.75, 3.05) is 0 Å². The van der Waals surface area contributed by atoms with Crippen LogP contribution >= 0.6 is 0 Å². The van der Waals surface area contributed by atoms with Gasteiger partial charge in [0.05, 0.1) is 16.2 Å². The molecule has 1 aliphatic carbocycles. The van der Waals surface area contributed by atoms with Crippen molar-refractivity contribution in [2.45, 2.75) is 37.0 Å². The van der Waals surface area contributed by atoms with Gasteiger partial charge in [-0.05, 0) is 30.9 Å². The lowest BCUT2D eigenvalue weighted by Gasteiger charge is -2.05. The number of benzene rings is 1. The number of rotatable bonds is 4. The van der Waals surface area contributed by atoms with E-state index in [1.54, 1.807) is 37.3 Å². The van der Waals surface area contributed by atoms with E-state index in [9.17, 15) is 13.5 Å². The number of hydrogen-bond acceptors (Lipinski definition) is 3. The lowest BCUT2D eigenvalue weighted by atomic mass is 10.1. The molecule has 4 heteroatoms. The van der Waals surface area contributed by atoms with Gasteiger partial charge >= 0.3 is 0 Å². The van der Waals surface area contributed by atoms with Crippen LogP contribution in [0, 0.1) is 17.8 Å². The van der Waals surface area contributed by atoms with Crippen LogP contribution in [0.5, 0.6) is 0 Å². The summed E-state index contributed by atoms with van der Waals surface area (Å²) in [5.41, 5.74) is 0.